The van der Waals surface area contributed by atoms with Crippen molar-refractivity contribution in [2.75, 3.05) is 0 Å². The fourth-order valence-electron chi connectivity index (χ4n) is 2.61. The van der Waals surface area contributed by atoms with E-state index in [4.69, 9.17) is 0 Å². The second kappa shape index (κ2) is 6.72. The van der Waals surface area contributed by atoms with E-state index in [-0.39, 0.29) is 11.8 Å². The molecule has 3 N–H and O–H groups in total. The molecule has 1 amide bonds. The molecule has 0 saturated carbocycles. The number of amides is 1. The van der Waals surface area contributed by atoms with Crippen molar-refractivity contribution in [3.8, 4) is 0 Å². The number of aromatic nitrogens is 1. The first-order valence-electron chi connectivity index (χ1n) is 7.37. The fraction of sp³-hybridized carbons (Fsp3) is 0.167. The number of nitrogens with one attached hydrogen (secondary N) is 2. The van der Waals surface area contributed by atoms with Gasteiger partial charge in [0.25, 0.3) is 5.91 Å². The average molecular weight is 420 g/mol. The van der Waals surface area contributed by atoms with Crippen molar-refractivity contribution in [3.05, 3.63) is 69.4 Å². The number of para-hydroxylation sites is 1. The molecule has 2 atom stereocenters. The molecule has 0 aliphatic rings. The van der Waals surface area contributed by atoms with Crippen LogP contribution in [-0.4, -0.2) is 22.2 Å². The first-order chi connectivity index (χ1) is 11.1. The van der Waals surface area contributed by atoms with Gasteiger partial charge in [0.2, 0.25) is 0 Å². The van der Waals surface area contributed by atoms with Gasteiger partial charge < -0.3 is 15.4 Å². The van der Waals surface area contributed by atoms with Crippen LogP contribution in [0.5, 0.6) is 0 Å². The van der Waals surface area contributed by atoms with Crippen LogP contribution in [0.1, 0.15) is 28.8 Å². The van der Waals surface area contributed by atoms with E-state index < -0.39 is 6.23 Å². The largest absolute Gasteiger partial charge is 0.373 e. The van der Waals surface area contributed by atoms with Gasteiger partial charge in [0, 0.05) is 32.2 Å². The minimum atomic E-state index is -0.959. The number of rotatable bonds is 4. The van der Waals surface area contributed by atoms with Gasteiger partial charge in [0.1, 0.15) is 6.23 Å². The summed E-state index contributed by atoms with van der Waals surface area (Å²) in [6.07, 6.45) is 0.926. The van der Waals surface area contributed by atoms with E-state index >= 15 is 0 Å². The Morgan fingerprint density at radius 3 is 2.78 bits per heavy atom. The molecule has 2 unspecified atom stereocenters. The summed E-state index contributed by atoms with van der Waals surface area (Å²) in [4.78, 5) is 15.5. The zero-order valence-corrected chi connectivity index (χ0v) is 14.7. The Balaban J connectivity index is 1.77. The second-order valence-corrected chi connectivity index (χ2v) is 6.75. The Labute approximate surface area is 148 Å². The van der Waals surface area contributed by atoms with E-state index in [1.165, 1.54) is 0 Å². The number of hydrogen-bond donors (Lipinski definition) is 3. The number of carbonyl (C=O) groups is 1. The van der Waals surface area contributed by atoms with E-state index in [9.17, 15) is 9.90 Å². The highest BCUT2D eigenvalue weighted by molar-refractivity contribution is 14.1. The lowest BCUT2D eigenvalue weighted by Crippen LogP contribution is -2.38. The number of fused-ring (bicyclic) bond motifs is 1. The minimum absolute atomic E-state index is 0.224. The van der Waals surface area contributed by atoms with Gasteiger partial charge in [0.05, 0.1) is 0 Å². The topological polar surface area (TPSA) is 65.1 Å². The molecule has 3 rings (SSSR count). The number of H-pyrrole nitrogens is 1. The molecule has 0 radical (unpaired) electrons. The maximum absolute atomic E-state index is 12.3. The molecule has 0 saturated heterocycles. The lowest BCUT2D eigenvalue weighted by molar-refractivity contribution is 0.0728. The third kappa shape index (κ3) is 3.40. The molecule has 0 spiro atoms. The number of aromatic amines is 1. The van der Waals surface area contributed by atoms with Crippen molar-refractivity contribution in [2.45, 2.75) is 19.1 Å². The number of aliphatic hydroxyl groups excluding tert-OH is 1. The van der Waals surface area contributed by atoms with Crippen molar-refractivity contribution in [1.29, 1.82) is 0 Å². The molecular weight excluding hydrogens is 403 g/mol. The molecule has 0 aliphatic heterocycles. The second-order valence-electron chi connectivity index (χ2n) is 5.51. The summed E-state index contributed by atoms with van der Waals surface area (Å²) in [5, 5.41) is 14.1. The van der Waals surface area contributed by atoms with Gasteiger partial charge in [-0.3, -0.25) is 4.79 Å². The highest BCUT2D eigenvalue weighted by atomic mass is 127. The number of aliphatic hydroxyl groups is 1. The summed E-state index contributed by atoms with van der Waals surface area (Å²) in [6, 6.07) is 15.2. The van der Waals surface area contributed by atoms with Crippen LogP contribution < -0.4 is 5.32 Å². The van der Waals surface area contributed by atoms with Crippen LogP contribution in [-0.2, 0) is 0 Å². The Bertz CT molecular complexity index is 844. The third-order valence-electron chi connectivity index (χ3n) is 3.95. The Morgan fingerprint density at radius 1 is 1.22 bits per heavy atom. The molecule has 0 bridgehead atoms. The molecule has 4 nitrogen and oxygen atoms in total. The van der Waals surface area contributed by atoms with Crippen LogP contribution in [0, 0.1) is 3.57 Å². The third-order valence-corrected chi connectivity index (χ3v) is 4.62. The first-order valence-corrected chi connectivity index (χ1v) is 8.44. The van der Waals surface area contributed by atoms with Crippen molar-refractivity contribution >= 4 is 39.4 Å². The fourth-order valence-corrected chi connectivity index (χ4v) is 3.16. The summed E-state index contributed by atoms with van der Waals surface area (Å²) in [7, 11) is 0. The van der Waals surface area contributed by atoms with Gasteiger partial charge >= 0.3 is 0 Å². The van der Waals surface area contributed by atoms with Crippen LogP contribution in [0.25, 0.3) is 10.9 Å². The molecule has 3 aromatic rings. The quantitative estimate of drug-likeness (QED) is 0.446. The maximum Gasteiger partial charge on any atom is 0.253 e. The first kappa shape index (κ1) is 16.0. The zero-order chi connectivity index (χ0) is 16.4. The number of benzene rings is 2. The van der Waals surface area contributed by atoms with E-state index in [2.05, 4.69) is 32.9 Å². The highest BCUT2D eigenvalue weighted by Crippen LogP contribution is 2.27. The summed E-state index contributed by atoms with van der Waals surface area (Å²) < 4.78 is 0.981. The molecule has 118 valence electrons. The predicted molar refractivity (Wildman–Crippen MR) is 99.3 cm³/mol. The molecule has 0 aliphatic carbocycles. The predicted octanol–water partition coefficient (Wildman–Crippen LogP) is 3.62. The van der Waals surface area contributed by atoms with Gasteiger partial charge in [-0.15, -0.1) is 0 Å². The highest BCUT2D eigenvalue weighted by Gasteiger charge is 2.21. The molecule has 5 heteroatoms. The molecular formula is C18H17IN2O2. The molecule has 0 fully saturated rings. The van der Waals surface area contributed by atoms with Gasteiger partial charge in [-0.05, 0) is 52.4 Å². The van der Waals surface area contributed by atoms with Gasteiger partial charge in [0.15, 0.2) is 0 Å². The SMILES string of the molecule is CC(c1c[nH]c2ccccc12)C(O)NC(=O)c1cccc(I)c1. The van der Waals surface area contributed by atoms with Crippen LogP contribution in [0.3, 0.4) is 0 Å². The van der Waals surface area contributed by atoms with Gasteiger partial charge in [-0.2, -0.15) is 0 Å². The van der Waals surface area contributed by atoms with Crippen LogP contribution in [0.15, 0.2) is 54.7 Å². The number of hydrogen-bond acceptors (Lipinski definition) is 2. The summed E-state index contributed by atoms with van der Waals surface area (Å²) in [6.45, 7) is 1.90. The van der Waals surface area contributed by atoms with Crippen LogP contribution >= 0.6 is 22.6 Å². The normalized spacial score (nSPS) is 13.7. The van der Waals surface area contributed by atoms with Crippen LogP contribution in [0.4, 0.5) is 0 Å². The lowest BCUT2D eigenvalue weighted by atomic mass is 9.98. The van der Waals surface area contributed by atoms with Crippen LogP contribution in [0.2, 0.25) is 0 Å². The van der Waals surface area contributed by atoms with E-state index in [1.807, 2.05) is 49.5 Å². The van der Waals surface area contributed by atoms with Gasteiger partial charge in [-0.1, -0.05) is 31.2 Å². The Hall–Kier alpha value is -1.86. The zero-order valence-electron chi connectivity index (χ0n) is 12.6. The number of halogens is 1. The van der Waals surface area contributed by atoms with Crippen molar-refractivity contribution in [3.63, 3.8) is 0 Å². The molecule has 2 aromatic carbocycles. The van der Waals surface area contributed by atoms with Crippen molar-refractivity contribution in [2.24, 2.45) is 0 Å². The monoisotopic (exact) mass is 420 g/mol. The average Bonchev–Trinajstić information content (AvgIpc) is 2.98. The Morgan fingerprint density at radius 2 is 2.00 bits per heavy atom. The minimum Gasteiger partial charge on any atom is -0.373 e. The van der Waals surface area contributed by atoms with Gasteiger partial charge in [-0.25, -0.2) is 0 Å². The van der Waals surface area contributed by atoms with Crippen molar-refractivity contribution < 1.29 is 9.90 Å². The Kier molecular flexibility index (Phi) is 4.68. The standard InChI is InChI=1S/C18H17IN2O2/c1-11(15-10-20-16-8-3-2-7-14(15)16)17(22)21-18(23)12-5-4-6-13(19)9-12/h2-11,17,20,22H,1H3,(H,21,23). The lowest BCUT2D eigenvalue weighted by Gasteiger charge is -2.20. The summed E-state index contributed by atoms with van der Waals surface area (Å²) in [5.41, 5.74) is 2.55. The summed E-state index contributed by atoms with van der Waals surface area (Å²) >= 11 is 2.16. The van der Waals surface area contributed by atoms with E-state index in [1.54, 1.807) is 12.1 Å². The summed E-state index contributed by atoms with van der Waals surface area (Å²) in [5.74, 6) is -0.499. The number of carbonyl (C=O) groups excluding carboxylic acids is 1. The van der Waals surface area contributed by atoms with E-state index in [0.717, 1.165) is 20.0 Å². The van der Waals surface area contributed by atoms with E-state index in [0.29, 0.717) is 5.56 Å². The smallest absolute Gasteiger partial charge is 0.253 e. The maximum atomic E-state index is 12.3. The molecule has 1 heterocycles. The molecule has 23 heavy (non-hydrogen) atoms. The van der Waals surface area contributed by atoms with Crippen molar-refractivity contribution in [1.82, 2.24) is 10.3 Å². The molecule has 1 aromatic heterocycles.